The minimum atomic E-state index is -0.607. The van der Waals surface area contributed by atoms with Crippen molar-refractivity contribution in [1.82, 2.24) is 4.57 Å². The van der Waals surface area contributed by atoms with E-state index in [1.54, 1.807) is 0 Å². The lowest BCUT2D eigenvalue weighted by molar-refractivity contribution is -0.680. The highest BCUT2D eigenvalue weighted by molar-refractivity contribution is 5.47. The average Bonchev–Trinajstić information content (AvgIpc) is 3.38. The number of aryl methyl sites for hydroxylation is 1. The highest BCUT2D eigenvalue weighted by atomic mass is 15.2. The van der Waals surface area contributed by atoms with Crippen LogP contribution in [0.25, 0.3) is 0 Å². The van der Waals surface area contributed by atoms with Crippen LogP contribution in [0.3, 0.4) is 0 Å². The number of benzene rings is 2. The zero-order chi connectivity index (χ0) is 20.4. The molecule has 3 heteroatoms. The van der Waals surface area contributed by atoms with Crippen LogP contribution in [-0.4, -0.2) is 4.57 Å². The smallest absolute Gasteiger partial charge is 0.237 e. The lowest BCUT2D eigenvalue weighted by Crippen LogP contribution is -2.35. The van der Waals surface area contributed by atoms with Gasteiger partial charge < -0.3 is 0 Å². The zero-order valence-corrected chi connectivity index (χ0v) is 17.6. The van der Waals surface area contributed by atoms with Crippen molar-refractivity contribution in [2.45, 2.75) is 50.5 Å². The number of hydrogen-bond acceptors (Lipinski definition) is 1. The van der Waals surface area contributed by atoms with Gasteiger partial charge in [-0.15, -0.1) is 0 Å². The molecule has 0 spiro atoms. The number of aromatic nitrogens is 2. The van der Waals surface area contributed by atoms with Crippen LogP contribution in [0.5, 0.6) is 0 Å². The Morgan fingerprint density at radius 1 is 1.00 bits per heavy atom. The van der Waals surface area contributed by atoms with Crippen molar-refractivity contribution >= 4 is 0 Å². The predicted molar refractivity (Wildman–Crippen MR) is 115 cm³/mol. The highest BCUT2D eigenvalue weighted by Crippen LogP contribution is 2.49. The molecule has 0 N–H and O–H groups in total. The first-order chi connectivity index (χ1) is 14.1. The molecular formula is C26H30N3+. The summed E-state index contributed by atoms with van der Waals surface area (Å²) in [5, 5.41) is 10.6. The van der Waals surface area contributed by atoms with E-state index < -0.39 is 5.41 Å². The lowest BCUT2D eigenvalue weighted by Gasteiger charge is -2.34. The molecule has 1 heterocycles. The first-order valence-corrected chi connectivity index (χ1v) is 10.7. The van der Waals surface area contributed by atoms with Crippen molar-refractivity contribution in [3.63, 3.8) is 0 Å². The summed E-state index contributed by atoms with van der Waals surface area (Å²) in [7, 11) is 2.13. The molecule has 4 rings (SSSR count). The van der Waals surface area contributed by atoms with Gasteiger partial charge in [-0.3, -0.25) is 0 Å². The van der Waals surface area contributed by atoms with Gasteiger partial charge in [-0.05, 0) is 36.3 Å². The van der Waals surface area contributed by atoms with Gasteiger partial charge >= 0.3 is 0 Å². The largest absolute Gasteiger partial charge is 0.258 e. The summed E-state index contributed by atoms with van der Waals surface area (Å²) >= 11 is 0. The molecule has 0 unspecified atom stereocenters. The lowest BCUT2D eigenvalue weighted by atomic mass is 9.66. The van der Waals surface area contributed by atoms with Crippen molar-refractivity contribution in [1.29, 1.82) is 5.26 Å². The maximum absolute atomic E-state index is 10.6. The fourth-order valence-corrected chi connectivity index (χ4v) is 5.39. The fourth-order valence-electron chi connectivity index (χ4n) is 5.39. The standard InChI is InChI=1S/C26H30N3/c1-20(2)25-28(3)16-17-29(25)24-15-14-23(18-24)26(19-27,21-10-6-4-7-11-21)22-12-8-5-9-13-22/h4-13,16-17,20,23-24H,14-15,18H2,1-3H3/q+1/t23-,24+/m0/s1. The van der Waals surface area contributed by atoms with Gasteiger partial charge in [0.2, 0.25) is 0 Å². The van der Waals surface area contributed by atoms with Gasteiger partial charge in [0.1, 0.15) is 23.9 Å². The summed E-state index contributed by atoms with van der Waals surface area (Å²) < 4.78 is 4.70. The third-order valence-electron chi connectivity index (χ3n) is 6.64. The summed E-state index contributed by atoms with van der Waals surface area (Å²) in [6.45, 7) is 4.51. The molecule has 3 aromatic rings. The van der Waals surface area contributed by atoms with Crippen LogP contribution in [0.4, 0.5) is 0 Å². The quantitative estimate of drug-likeness (QED) is 0.550. The third kappa shape index (κ3) is 3.27. The second-order valence-corrected chi connectivity index (χ2v) is 8.64. The maximum atomic E-state index is 10.6. The number of imidazole rings is 1. The molecule has 29 heavy (non-hydrogen) atoms. The molecule has 2 atom stereocenters. The monoisotopic (exact) mass is 384 g/mol. The summed E-state index contributed by atoms with van der Waals surface area (Å²) in [6.07, 6.45) is 7.57. The first kappa shape index (κ1) is 19.5. The molecule has 148 valence electrons. The molecule has 1 aliphatic carbocycles. The molecule has 0 aliphatic heterocycles. The van der Waals surface area contributed by atoms with E-state index >= 15 is 0 Å². The SMILES string of the molecule is CC(C)c1n([C@@H]2CC[C@H](C(C#N)(c3ccccc3)c3ccccc3)C2)cc[n+]1C. The highest BCUT2D eigenvalue weighted by Gasteiger charge is 2.47. The van der Waals surface area contributed by atoms with Crippen molar-refractivity contribution in [2.24, 2.45) is 13.0 Å². The Balaban J connectivity index is 1.76. The number of nitriles is 1. The van der Waals surface area contributed by atoms with E-state index in [2.05, 4.69) is 97.0 Å². The van der Waals surface area contributed by atoms with Crippen LogP contribution >= 0.6 is 0 Å². The molecule has 1 saturated carbocycles. The number of hydrogen-bond donors (Lipinski definition) is 0. The van der Waals surface area contributed by atoms with Crippen LogP contribution in [0.2, 0.25) is 0 Å². The Bertz CT molecular complexity index is 956. The molecule has 1 fully saturated rings. The molecule has 0 radical (unpaired) electrons. The van der Waals surface area contributed by atoms with Gasteiger partial charge in [-0.2, -0.15) is 5.26 Å². The summed E-state index contributed by atoms with van der Waals surface area (Å²) in [5.41, 5.74) is 1.62. The Kier molecular flexibility index (Phi) is 5.28. The zero-order valence-electron chi connectivity index (χ0n) is 17.6. The van der Waals surface area contributed by atoms with E-state index in [1.807, 2.05) is 12.1 Å². The van der Waals surface area contributed by atoms with Gasteiger partial charge in [-0.1, -0.05) is 74.5 Å². The molecule has 0 amide bonds. The van der Waals surface area contributed by atoms with Crippen LogP contribution < -0.4 is 4.57 Å². The van der Waals surface area contributed by atoms with Crippen molar-refractivity contribution < 1.29 is 4.57 Å². The maximum Gasteiger partial charge on any atom is 0.258 e. The molecule has 1 aliphatic rings. The third-order valence-corrected chi connectivity index (χ3v) is 6.64. The predicted octanol–water partition coefficient (Wildman–Crippen LogP) is 5.29. The van der Waals surface area contributed by atoms with Crippen LogP contribution in [0, 0.1) is 17.2 Å². The van der Waals surface area contributed by atoms with E-state index in [1.165, 1.54) is 5.82 Å². The van der Waals surface area contributed by atoms with E-state index in [-0.39, 0.29) is 5.92 Å². The number of nitrogens with zero attached hydrogens (tertiary/aromatic N) is 3. The first-order valence-electron chi connectivity index (χ1n) is 10.7. The Morgan fingerprint density at radius 2 is 1.59 bits per heavy atom. The normalized spacial score (nSPS) is 19.4. The Labute approximate surface area is 174 Å². The van der Waals surface area contributed by atoms with Crippen LogP contribution in [-0.2, 0) is 12.5 Å². The van der Waals surface area contributed by atoms with Crippen LogP contribution in [0.1, 0.15) is 62.0 Å². The minimum Gasteiger partial charge on any atom is -0.237 e. The molecular weight excluding hydrogens is 354 g/mol. The van der Waals surface area contributed by atoms with Crippen molar-refractivity contribution in [2.75, 3.05) is 0 Å². The van der Waals surface area contributed by atoms with Crippen molar-refractivity contribution in [3.05, 3.63) is 90.0 Å². The molecule has 3 nitrogen and oxygen atoms in total. The molecule has 1 aromatic heterocycles. The van der Waals surface area contributed by atoms with E-state index in [0.717, 1.165) is 30.4 Å². The Morgan fingerprint density at radius 3 is 2.10 bits per heavy atom. The van der Waals surface area contributed by atoms with Gasteiger partial charge in [-0.25, -0.2) is 9.13 Å². The fraction of sp³-hybridized carbons (Fsp3) is 0.385. The van der Waals surface area contributed by atoms with Gasteiger partial charge in [0.05, 0.1) is 19.0 Å². The summed E-state index contributed by atoms with van der Waals surface area (Å²) in [4.78, 5) is 0. The summed E-state index contributed by atoms with van der Waals surface area (Å²) in [6, 6.07) is 24.0. The minimum absolute atomic E-state index is 0.287. The van der Waals surface area contributed by atoms with Gasteiger partial charge in [0.15, 0.2) is 0 Å². The van der Waals surface area contributed by atoms with Crippen LogP contribution in [0.15, 0.2) is 73.1 Å². The summed E-state index contributed by atoms with van der Waals surface area (Å²) in [5.74, 6) is 2.12. The topological polar surface area (TPSA) is 32.6 Å². The second kappa shape index (κ2) is 7.87. The second-order valence-electron chi connectivity index (χ2n) is 8.64. The van der Waals surface area contributed by atoms with E-state index in [9.17, 15) is 5.26 Å². The van der Waals surface area contributed by atoms with Gasteiger partial charge in [0.25, 0.3) is 5.82 Å². The van der Waals surface area contributed by atoms with E-state index in [0.29, 0.717) is 12.0 Å². The Hall–Kier alpha value is -2.86. The average molecular weight is 385 g/mol. The molecule has 0 saturated heterocycles. The number of rotatable bonds is 5. The molecule has 0 bridgehead atoms. The van der Waals surface area contributed by atoms with Gasteiger partial charge in [0, 0.05) is 0 Å². The van der Waals surface area contributed by atoms with Crippen molar-refractivity contribution in [3.8, 4) is 6.07 Å². The molecule has 2 aromatic carbocycles. The van der Waals surface area contributed by atoms with E-state index in [4.69, 9.17) is 0 Å².